The molecule has 6 heteroatoms. The average molecular weight is 261 g/mol. The minimum absolute atomic E-state index is 0.0769. The highest BCUT2D eigenvalue weighted by Crippen LogP contribution is 2.04. The third-order valence-electron chi connectivity index (χ3n) is 2.11. The van der Waals surface area contributed by atoms with Crippen LogP contribution in [0.3, 0.4) is 0 Å². The molecule has 0 aliphatic carbocycles. The van der Waals surface area contributed by atoms with Gasteiger partial charge in [-0.05, 0) is 0 Å². The van der Waals surface area contributed by atoms with Crippen molar-refractivity contribution in [2.45, 2.75) is 0 Å². The van der Waals surface area contributed by atoms with E-state index >= 15 is 0 Å². The summed E-state index contributed by atoms with van der Waals surface area (Å²) in [6.07, 6.45) is 1.07. The number of rotatable bonds is 6. The lowest BCUT2D eigenvalue weighted by Crippen LogP contribution is -2.32. The van der Waals surface area contributed by atoms with Crippen LogP contribution in [0, 0.1) is 0 Å². The molecule has 0 saturated carbocycles. The van der Waals surface area contributed by atoms with Gasteiger partial charge in [-0.2, -0.15) is 0 Å². The normalized spacial score (nSPS) is 16.2. The predicted octanol–water partition coefficient (Wildman–Crippen LogP) is -0.0927. The third-order valence-corrected chi connectivity index (χ3v) is 4.24. The maximum absolute atomic E-state index is 11.4. The lowest BCUT2D eigenvalue weighted by Gasteiger charge is -2.13. The lowest BCUT2D eigenvalue weighted by molar-refractivity contribution is -0.147. The van der Waals surface area contributed by atoms with Gasteiger partial charge in [0.25, 0.3) is 0 Å². The van der Waals surface area contributed by atoms with E-state index in [1.807, 2.05) is 0 Å². The Kier molecular flexibility index (Phi) is 6.73. The van der Waals surface area contributed by atoms with E-state index in [0.717, 1.165) is 30.8 Å². The highest BCUT2D eigenvalue weighted by Gasteiger charge is 2.26. The van der Waals surface area contributed by atoms with Crippen molar-refractivity contribution < 1.29 is 23.8 Å². The smallest absolute Gasteiger partial charge is 0.356 e. The zero-order valence-corrected chi connectivity index (χ0v) is 10.5. The Balaban J connectivity index is 2.04. The third kappa shape index (κ3) is 6.33. The topological polar surface area (TPSA) is 61.8 Å². The molecule has 1 saturated heterocycles. The SMILES string of the molecule is C=CC(=O)OCCOC(=O)C[S+]1CCOCC1. The van der Waals surface area contributed by atoms with Crippen LogP contribution in [0.4, 0.5) is 0 Å². The molecule has 96 valence electrons. The molecule has 0 radical (unpaired) electrons. The van der Waals surface area contributed by atoms with Crippen molar-refractivity contribution in [2.24, 2.45) is 0 Å². The van der Waals surface area contributed by atoms with Gasteiger partial charge in [0.15, 0.2) is 0 Å². The second-order valence-corrected chi connectivity index (χ2v) is 5.70. The van der Waals surface area contributed by atoms with Crippen molar-refractivity contribution in [1.29, 1.82) is 0 Å². The molecular weight excluding hydrogens is 244 g/mol. The molecule has 1 aliphatic heterocycles. The number of carbonyl (C=O) groups is 2. The largest absolute Gasteiger partial charge is 0.459 e. The van der Waals surface area contributed by atoms with E-state index in [2.05, 4.69) is 11.3 Å². The Morgan fingerprint density at radius 1 is 1.24 bits per heavy atom. The van der Waals surface area contributed by atoms with E-state index in [1.54, 1.807) is 0 Å². The van der Waals surface area contributed by atoms with Crippen LogP contribution in [0.15, 0.2) is 12.7 Å². The first-order valence-corrected chi connectivity index (χ1v) is 7.12. The molecule has 0 unspecified atom stereocenters. The van der Waals surface area contributed by atoms with Gasteiger partial charge in [-0.1, -0.05) is 6.58 Å². The van der Waals surface area contributed by atoms with Crippen LogP contribution < -0.4 is 0 Å². The molecule has 0 N–H and O–H groups in total. The van der Waals surface area contributed by atoms with Crippen LogP contribution in [-0.4, -0.2) is 55.6 Å². The highest BCUT2D eigenvalue weighted by molar-refractivity contribution is 7.97. The van der Waals surface area contributed by atoms with Crippen LogP contribution in [0.2, 0.25) is 0 Å². The first kappa shape index (κ1) is 14.1. The van der Waals surface area contributed by atoms with Gasteiger partial charge in [-0.15, -0.1) is 0 Å². The Hall–Kier alpha value is -1.01. The van der Waals surface area contributed by atoms with Crippen molar-refractivity contribution in [2.75, 3.05) is 43.7 Å². The monoisotopic (exact) mass is 261 g/mol. The van der Waals surface area contributed by atoms with Crippen molar-refractivity contribution in [3.8, 4) is 0 Å². The summed E-state index contributed by atoms with van der Waals surface area (Å²) in [7, 11) is 0.0860. The molecule has 1 aliphatic rings. The molecule has 0 aromatic rings. The fourth-order valence-electron chi connectivity index (χ4n) is 1.27. The van der Waals surface area contributed by atoms with Crippen molar-refractivity contribution in [1.82, 2.24) is 0 Å². The summed E-state index contributed by atoms with van der Waals surface area (Å²) < 4.78 is 14.8. The number of ether oxygens (including phenoxy) is 3. The molecule has 0 amide bonds. The van der Waals surface area contributed by atoms with Gasteiger partial charge < -0.3 is 14.2 Å². The van der Waals surface area contributed by atoms with Gasteiger partial charge in [0, 0.05) is 17.0 Å². The standard InChI is InChI=1S/C11H17O5S/c1-2-10(12)15-3-4-16-11(13)9-17-7-5-14-6-8-17/h2H,1,3-9H2/q+1. The minimum Gasteiger partial charge on any atom is -0.459 e. The highest BCUT2D eigenvalue weighted by atomic mass is 32.2. The average Bonchev–Trinajstić information content (AvgIpc) is 2.35. The van der Waals surface area contributed by atoms with E-state index < -0.39 is 5.97 Å². The van der Waals surface area contributed by atoms with E-state index in [1.165, 1.54) is 0 Å². The van der Waals surface area contributed by atoms with Gasteiger partial charge in [0.2, 0.25) is 5.75 Å². The summed E-state index contributed by atoms with van der Waals surface area (Å²) in [5, 5.41) is 0. The fourth-order valence-corrected chi connectivity index (χ4v) is 2.88. The van der Waals surface area contributed by atoms with Crippen LogP contribution >= 0.6 is 0 Å². The molecule has 1 fully saturated rings. The minimum atomic E-state index is -0.507. The molecular formula is C11H17O5S+. The number of hydrogen-bond acceptors (Lipinski definition) is 5. The molecule has 5 nitrogen and oxygen atoms in total. The van der Waals surface area contributed by atoms with Gasteiger partial charge in [0.1, 0.15) is 24.7 Å². The molecule has 1 rings (SSSR count). The molecule has 0 aromatic carbocycles. The summed E-state index contributed by atoms with van der Waals surface area (Å²) in [5.74, 6) is 1.57. The van der Waals surface area contributed by atoms with Gasteiger partial charge in [0.05, 0.1) is 13.2 Å². The number of hydrogen-bond donors (Lipinski definition) is 0. The number of carbonyl (C=O) groups excluding carboxylic acids is 2. The second-order valence-electron chi connectivity index (χ2n) is 3.37. The van der Waals surface area contributed by atoms with E-state index in [4.69, 9.17) is 9.47 Å². The van der Waals surface area contributed by atoms with Gasteiger partial charge >= 0.3 is 11.9 Å². The Bertz CT molecular complexity index is 273. The molecule has 0 atom stereocenters. The quantitative estimate of drug-likeness (QED) is 0.289. The lowest BCUT2D eigenvalue weighted by atomic mass is 10.6. The molecule has 0 spiro atoms. The molecule has 17 heavy (non-hydrogen) atoms. The molecule has 1 heterocycles. The van der Waals surface area contributed by atoms with E-state index in [9.17, 15) is 9.59 Å². The molecule has 0 bridgehead atoms. The van der Waals surface area contributed by atoms with E-state index in [-0.39, 0.29) is 30.1 Å². The number of esters is 2. The maximum atomic E-state index is 11.4. The Morgan fingerprint density at radius 2 is 1.88 bits per heavy atom. The Labute approximate surface area is 103 Å². The summed E-state index contributed by atoms with van der Waals surface area (Å²) in [4.78, 5) is 22.1. The van der Waals surface area contributed by atoms with Crippen molar-refractivity contribution in [3.63, 3.8) is 0 Å². The zero-order chi connectivity index (χ0) is 12.5. The first-order valence-electron chi connectivity index (χ1n) is 5.39. The van der Waals surface area contributed by atoms with Gasteiger partial charge in [-0.25, -0.2) is 9.59 Å². The van der Waals surface area contributed by atoms with Crippen molar-refractivity contribution in [3.05, 3.63) is 12.7 Å². The van der Waals surface area contributed by atoms with Crippen LogP contribution in [0.25, 0.3) is 0 Å². The Morgan fingerprint density at radius 3 is 2.53 bits per heavy atom. The van der Waals surface area contributed by atoms with E-state index in [0.29, 0.717) is 5.75 Å². The zero-order valence-electron chi connectivity index (χ0n) is 9.68. The molecule has 0 aromatic heterocycles. The summed E-state index contributed by atoms with van der Waals surface area (Å²) in [6.45, 7) is 4.90. The summed E-state index contributed by atoms with van der Waals surface area (Å²) >= 11 is 0. The first-order chi connectivity index (χ1) is 8.22. The summed E-state index contributed by atoms with van der Waals surface area (Å²) in [6, 6.07) is 0. The van der Waals surface area contributed by atoms with Crippen molar-refractivity contribution >= 4 is 22.8 Å². The second kappa shape index (κ2) is 8.14. The van der Waals surface area contributed by atoms with Crippen LogP contribution in [0.1, 0.15) is 0 Å². The van der Waals surface area contributed by atoms with Gasteiger partial charge in [-0.3, -0.25) is 0 Å². The predicted molar refractivity (Wildman–Crippen MR) is 64.9 cm³/mol. The van der Waals surface area contributed by atoms with Crippen LogP contribution in [0.5, 0.6) is 0 Å². The summed E-state index contributed by atoms with van der Waals surface area (Å²) in [5.41, 5.74) is 0. The van der Waals surface area contributed by atoms with Crippen LogP contribution in [-0.2, 0) is 34.7 Å². The maximum Gasteiger partial charge on any atom is 0.356 e. The fraction of sp³-hybridized carbons (Fsp3) is 0.636.